The Morgan fingerprint density at radius 2 is 1.85 bits per heavy atom. The van der Waals surface area contributed by atoms with Crippen LogP contribution in [0.5, 0.6) is 0 Å². The van der Waals surface area contributed by atoms with Crippen LogP contribution >= 0.6 is 0 Å². The number of cyclic esters (lactones) is 1. The predicted molar refractivity (Wildman–Crippen MR) is 95.3 cm³/mol. The summed E-state index contributed by atoms with van der Waals surface area (Å²) in [5, 5.41) is 0. The molecule has 26 heavy (non-hydrogen) atoms. The van der Waals surface area contributed by atoms with E-state index in [1.165, 1.54) is 5.56 Å². The Bertz CT molecular complexity index is 805. The second-order valence-electron chi connectivity index (χ2n) is 6.69. The summed E-state index contributed by atoms with van der Waals surface area (Å²) in [4.78, 5) is 26.1. The summed E-state index contributed by atoms with van der Waals surface area (Å²) in [6.45, 7) is 0.790. The lowest BCUT2D eigenvalue weighted by Gasteiger charge is -2.38. The van der Waals surface area contributed by atoms with E-state index in [1.54, 1.807) is 4.90 Å². The van der Waals surface area contributed by atoms with Gasteiger partial charge in [-0.25, -0.2) is 4.79 Å². The van der Waals surface area contributed by atoms with Gasteiger partial charge in [0.05, 0.1) is 6.04 Å². The number of benzene rings is 2. The van der Waals surface area contributed by atoms with Crippen LogP contribution in [-0.4, -0.2) is 29.6 Å². The topological polar surface area (TPSA) is 55.8 Å². The summed E-state index contributed by atoms with van der Waals surface area (Å²) in [6.07, 6.45) is 1.12. The number of fused-ring (bicyclic) bond motifs is 1. The molecule has 2 atom stereocenters. The van der Waals surface area contributed by atoms with Crippen LogP contribution in [0.2, 0.25) is 0 Å². The molecule has 2 aliphatic heterocycles. The van der Waals surface area contributed by atoms with Crippen molar-refractivity contribution < 1.29 is 19.1 Å². The number of hydrogen-bond donors (Lipinski definition) is 0. The fourth-order valence-corrected chi connectivity index (χ4v) is 3.78. The highest BCUT2D eigenvalue weighted by Crippen LogP contribution is 2.37. The molecule has 0 radical (unpaired) electrons. The smallest absolute Gasteiger partial charge is 0.410 e. The van der Waals surface area contributed by atoms with Gasteiger partial charge >= 0.3 is 12.1 Å². The van der Waals surface area contributed by atoms with E-state index in [2.05, 4.69) is 6.07 Å². The third kappa shape index (κ3) is 3.29. The van der Waals surface area contributed by atoms with Gasteiger partial charge in [0.1, 0.15) is 12.7 Å². The molecular formula is C21H21NO4. The standard InChI is InChI=1S/C21H21NO4/c23-19-11-10-18(26-19)20-17-9-5-4-8-16(17)12-13-22(20)21(24)25-14-15-6-2-1-3-7-15/h1-9,18,20H,10-14H2/t18-,20-/m0/s1. The zero-order chi connectivity index (χ0) is 17.9. The van der Waals surface area contributed by atoms with Crippen molar-refractivity contribution in [2.75, 3.05) is 6.54 Å². The van der Waals surface area contributed by atoms with Gasteiger partial charge in [0.15, 0.2) is 0 Å². The van der Waals surface area contributed by atoms with Crippen molar-refractivity contribution in [3.63, 3.8) is 0 Å². The minimum atomic E-state index is -0.365. The molecular weight excluding hydrogens is 330 g/mol. The molecule has 5 heteroatoms. The average molecular weight is 351 g/mol. The van der Waals surface area contributed by atoms with Gasteiger partial charge < -0.3 is 9.47 Å². The Kier molecular flexibility index (Phi) is 4.61. The Hall–Kier alpha value is -2.82. The Morgan fingerprint density at radius 3 is 2.62 bits per heavy atom. The van der Waals surface area contributed by atoms with Crippen molar-refractivity contribution in [1.82, 2.24) is 4.90 Å². The minimum Gasteiger partial charge on any atom is -0.460 e. The largest absolute Gasteiger partial charge is 0.460 e. The molecule has 0 N–H and O–H groups in total. The number of amides is 1. The lowest BCUT2D eigenvalue weighted by molar-refractivity contribution is -0.143. The second kappa shape index (κ2) is 7.20. The van der Waals surface area contributed by atoms with E-state index >= 15 is 0 Å². The number of ether oxygens (including phenoxy) is 2. The SMILES string of the molecule is O=C1CC[C@@H]([C@@H]2c3ccccc3CCN2C(=O)OCc2ccccc2)O1. The highest BCUT2D eigenvalue weighted by atomic mass is 16.6. The summed E-state index contributed by atoms with van der Waals surface area (Å²) in [5.74, 6) is -0.198. The molecule has 2 aromatic carbocycles. The average Bonchev–Trinajstić information content (AvgIpc) is 3.12. The maximum atomic E-state index is 12.8. The number of rotatable bonds is 3. The molecule has 2 aromatic rings. The summed E-state index contributed by atoms with van der Waals surface area (Å²) in [5.41, 5.74) is 3.20. The van der Waals surface area contributed by atoms with Crippen molar-refractivity contribution in [2.45, 2.75) is 38.0 Å². The Labute approximate surface area is 152 Å². The molecule has 5 nitrogen and oxygen atoms in total. The fraction of sp³-hybridized carbons (Fsp3) is 0.333. The first-order valence-corrected chi connectivity index (χ1v) is 8.97. The normalized spacial score (nSPS) is 21.8. The number of carbonyl (C=O) groups is 2. The van der Waals surface area contributed by atoms with Gasteiger partial charge in [-0.1, -0.05) is 54.6 Å². The Morgan fingerprint density at radius 1 is 1.08 bits per heavy atom. The van der Waals surface area contributed by atoms with Crippen molar-refractivity contribution in [3.8, 4) is 0 Å². The van der Waals surface area contributed by atoms with Crippen LogP contribution in [0.4, 0.5) is 4.79 Å². The van der Waals surface area contributed by atoms with Gasteiger partial charge in [-0.3, -0.25) is 9.69 Å². The Balaban J connectivity index is 1.55. The number of hydrogen-bond acceptors (Lipinski definition) is 4. The number of carbonyl (C=O) groups excluding carboxylic acids is 2. The zero-order valence-electron chi connectivity index (χ0n) is 14.5. The summed E-state index contributed by atoms with van der Waals surface area (Å²) < 4.78 is 11.1. The molecule has 1 fully saturated rings. The molecule has 1 saturated heterocycles. The molecule has 0 unspecified atom stereocenters. The van der Waals surface area contributed by atoms with Crippen LogP contribution < -0.4 is 0 Å². The second-order valence-corrected chi connectivity index (χ2v) is 6.69. The van der Waals surface area contributed by atoms with E-state index in [0.717, 1.165) is 17.5 Å². The first-order chi connectivity index (χ1) is 12.7. The van der Waals surface area contributed by atoms with Crippen molar-refractivity contribution in [2.24, 2.45) is 0 Å². The molecule has 0 aliphatic carbocycles. The molecule has 0 bridgehead atoms. The number of esters is 1. The van der Waals surface area contributed by atoms with E-state index in [0.29, 0.717) is 19.4 Å². The van der Waals surface area contributed by atoms with Crippen LogP contribution in [0.3, 0.4) is 0 Å². The van der Waals surface area contributed by atoms with Crippen LogP contribution in [0.15, 0.2) is 54.6 Å². The maximum Gasteiger partial charge on any atom is 0.410 e. The quantitative estimate of drug-likeness (QED) is 0.793. The minimum absolute atomic E-state index is 0.198. The molecule has 134 valence electrons. The van der Waals surface area contributed by atoms with Crippen LogP contribution in [0.1, 0.15) is 35.6 Å². The summed E-state index contributed by atoms with van der Waals surface area (Å²) in [6, 6.07) is 17.4. The van der Waals surface area contributed by atoms with Crippen molar-refractivity contribution in [1.29, 1.82) is 0 Å². The molecule has 4 rings (SSSR count). The van der Waals surface area contributed by atoms with Gasteiger partial charge in [-0.05, 0) is 29.5 Å². The van der Waals surface area contributed by atoms with Crippen LogP contribution in [-0.2, 0) is 27.3 Å². The fourth-order valence-electron chi connectivity index (χ4n) is 3.78. The van der Waals surface area contributed by atoms with Gasteiger partial charge in [0, 0.05) is 13.0 Å². The third-order valence-corrected chi connectivity index (χ3v) is 5.04. The molecule has 1 amide bonds. The van der Waals surface area contributed by atoms with Gasteiger partial charge in [-0.2, -0.15) is 0 Å². The molecule has 0 saturated carbocycles. The van der Waals surface area contributed by atoms with E-state index in [4.69, 9.17) is 9.47 Å². The van der Waals surface area contributed by atoms with E-state index in [1.807, 2.05) is 48.5 Å². The monoisotopic (exact) mass is 351 g/mol. The molecule has 2 aliphatic rings. The lowest BCUT2D eigenvalue weighted by atomic mass is 9.89. The first-order valence-electron chi connectivity index (χ1n) is 8.97. The maximum absolute atomic E-state index is 12.8. The van der Waals surface area contributed by atoms with Gasteiger partial charge in [0.25, 0.3) is 0 Å². The summed E-state index contributed by atoms with van der Waals surface area (Å²) >= 11 is 0. The van der Waals surface area contributed by atoms with Gasteiger partial charge in [0.2, 0.25) is 0 Å². The van der Waals surface area contributed by atoms with Crippen molar-refractivity contribution in [3.05, 3.63) is 71.3 Å². The first kappa shape index (κ1) is 16.6. The van der Waals surface area contributed by atoms with E-state index < -0.39 is 0 Å². The van der Waals surface area contributed by atoms with E-state index in [-0.39, 0.29) is 30.8 Å². The highest BCUT2D eigenvalue weighted by molar-refractivity contribution is 5.73. The van der Waals surface area contributed by atoms with Crippen LogP contribution in [0, 0.1) is 0 Å². The lowest BCUT2D eigenvalue weighted by Crippen LogP contribution is -2.45. The molecule has 2 heterocycles. The predicted octanol–water partition coefficient (Wildman–Crippen LogP) is 3.63. The third-order valence-electron chi connectivity index (χ3n) is 5.04. The molecule has 0 spiro atoms. The highest BCUT2D eigenvalue weighted by Gasteiger charge is 2.41. The number of nitrogens with zero attached hydrogens (tertiary/aromatic N) is 1. The van der Waals surface area contributed by atoms with E-state index in [9.17, 15) is 9.59 Å². The van der Waals surface area contributed by atoms with Gasteiger partial charge in [-0.15, -0.1) is 0 Å². The van der Waals surface area contributed by atoms with Crippen molar-refractivity contribution >= 4 is 12.1 Å². The zero-order valence-corrected chi connectivity index (χ0v) is 14.5. The van der Waals surface area contributed by atoms with Crippen LogP contribution in [0.25, 0.3) is 0 Å². The summed E-state index contributed by atoms with van der Waals surface area (Å²) in [7, 11) is 0. The molecule has 0 aromatic heterocycles.